The van der Waals surface area contributed by atoms with Crippen LogP contribution in [0, 0.1) is 11.8 Å². The van der Waals surface area contributed by atoms with Crippen LogP contribution < -0.4 is 0 Å². The number of aromatic nitrogens is 1. The van der Waals surface area contributed by atoms with Crippen molar-refractivity contribution in [3.8, 4) is 17.6 Å². The number of hydrogen-bond donors (Lipinski definition) is 1. The fourth-order valence-electron chi connectivity index (χ4n) is 1.38. The van der Waals surface area contributed by atoms with Gasteiger partial charge in [0.2, 0.25) is 0 Å². The molecule has 0 spiro atoms. The van der Waals surface area contributed by atoms with E-state index in [-0.39, 0.29) is 5.75 Å². The van der Waals surface area contributed by atoms with Gasteiger partial charge in [0.1, 0.15) is 5.75 Å². The van der Waals surface area contributed by atoms with Crippen molar-refractivity contribution in [2.45, 2.75) is 6.92 Å². The maximum Gasteiger partial charge on any atom is 0.134 e. The second-order valence-corrected chi connectivity index (χ2v) is 2.95. The van der Waals surface area contributed by atoms with Gasteiger partial charge in [-0.2, -0.15) is 0 Å². The number of nitrogens with zero attached hydrogens (tertiary/aromatic N) is 1. The van der Waals surface area contributed by atoms with Crippen LogP contribution in [0.5, 0.6) is 5.75 Å². The molecule has 0 aliphatic heterocycles. The van der Waals surface area contributed by atoms with Crippen LogP contribution in [-0.2, 0) is 0 Å². The average molecular weight is 183 g/mol. The van der Waals surface area contributed by atoms with Crippen molar-refractivity contribution in [3.05, 3.63) is 36.0 Å². The lowest BCUT2D eigenvalue weighted by Crippen LogP contribution is -1.83. The predicted octanol–water partition coefficient (Wildman–Crippen LogP) is 2.31. The molecule has 2 rings (SSSR count). The van der Waals surface area contributed by atoms with Gasteiger partial charge < -0.3 is 5.11 Å². The minimum absolute atomic E-state index is 0.180. The maximum absolute atomic E-state index is 9.25. The lowest BCUT2D eigenvalue weighted by Gasteiger charge is -1.99. The van der Waals surface area contributed by atoms with Crippen LogP contribution in [0.15, 0.2) is 30.5 Å². The van der Waals surface area contributed by atoms with Gasteiger partial charge in [0.15, 0.2) is 0 Å². The minimum Gasteiger partial charge on any atom is -0.506 e. The number of para-hydroxylation sites is 1. The van der Waals surface area contributed by atoms with E-state index in [1.807, 2.05) is 18.2 Å². The molecular weight excluding hydrogens is 174 g/mol. The van der Waals surface area contributed by atoms with Crippen molar-refractivity contribution in [3.63, 3.8) is 0 Å². The maximum atomic E-state index is 9.25. The zero-order valence-electron chi connectivity index (χ0n) is 7.78. The molecule has 68 valence electrons. The largest absolute Gasteiger partial charge is 0.506 e. The third-order valence-electron chi connectivity index (χ3n) is 1.96. The van der Waals surface area contributed by atoms with Gasteiger partial charge in [0.05, 0.1) is 17.3 Å². The Morgan fingerprint density at radius 2 is 2.21 bits per heavy atom. The highest BCUT2D eigenvalue weighted by molar-refractivity contribution is 5.85. The molecule has 0 amide bonds. The highest BCUT2D eigenvalue weighted by Gasteiger charge is 1.99. The molecule has 0 fully saturated rings. The van der Waals surface area contributed by atoms with Gasteiger partial charge >= 0.3 is 0 Å². The highest BCUT2D eigenvalue weighted by Crippen LogP contribution is 2.19. The molecule has 1 N–H and O–H groups in total. The average Bonchev–Trinajstić information content (AvgIpc) is 2.18. The van der Waals surface area contributed by atoms with Crippen molar-refractivity contribution in [2.24, 2.45) is 0 Å². The van der Waals surface area contributed by atoms with Crippen LogP contribution >= 0.6 is 0 Å². The summed E-state index contributed by atoms with van der Waals surface area (Å²) >= 11 is 0. The van der Waals surface area contributed by atoms with E-state index in [0.29, 0.717) is 0 Å². The molecule has 0 radical (unpaired) electrons. The van der Waals surface area contributed by atoms with Crippen LogP contribution in [0.2, 0.25) is 0 Å². The van der Waals surface area contributed by atoms with Crippen molar-refractivity contribution >= 4 is 10.9 Å². The standard InChI is InChI=1S/C12H9NO/c1-2-4-9-5-3-6-10-7-11(14)8-13-12(9)10/h3,5-8,14H,1H3. The second-order valence-electron chi connectivity index (χ2n) is 2.95. The summed E-state index contributed by atoms with van der Waals surface area (Å²) in [7, 11) is 0. The van der Waals surface area contributed by atoms with Crippen molar-refractivity contribution < 1.29 is 5.11 Å². The first-order valence-electron chi connectivity index (χ1n) is 4.32. The Morgan fingerprint density at radius 1 is 1.36 bits per heavy atom. The Balaban J connectivity index is 2.79. The van der Waals surface area contributed by atoms with Gasteiger partial charge in [0, 0.05) is 5.39 Å². The zero-order chi connectivity index (χ0) is 9.97. The van der Waals surface area contributed by atoms with Gasteiger partial charge in [-0.15, -0.1) is 5.92 Å². The van der Waals surface area contributed by atoms with Gasteiger partial charge in [-0.25, -0.2) is 0 Å². The number of rotatable bonds is 0. The molecule has 2 heteroatoms. The molecule has 0 aliphatic rings. The SMILES string of the molecule is CC#Cc1cccc2cc(O)cnc12. The van der Waals surface area contributed by atoms with E-state index < -0.39 is 0 Å². The minimum atomic E-state index is 0.180. The molecule has 0 aliphatic carbocycles. The number of pyridine rings is 1. The first-order chi connectivity index (χ1) is 6.81. The third kappa shape index (κ3) is 1.40. The summed E-state index contributed by atoms with van der Waals surface area (Å²) in [4.78, 5) is 4.15. The number of benzene rings is 1. The quantitative estimate of drug-likeness (QED) is 0.636. The summed E-state index contributed by atoms with van der Waals surface area (Å²) in [6.07, 6.45) is 1.43. The fourth-order valence-corrected chi connectivity index (χ4v) is 1.38. The Labute approximate surface area is 82.2 Å². The summed E-state index contributed by atoms with van der Waals surface area (Å²) in [5, 5.41) is 10.2. The molecule has 2 aromatic rings. The number of hydrogen-bond acceptors (Lipinski definition) is 2. The monoisotopic (exact) mass is 183 g/mol. The normalized spacial score (nSPS) is 9.50. The summed E-state index contributed by atoms with van der Waals surface area (Å²) in [5.41, 5.74) is 1.73. The van der Waals surface area contributed by atoms with Crippen LogP contribution in [-0.4, -0.2) is 10.1 Å². The van der Waals surface area contributed by atoms with E-state index in [4.69, 9.17) is 0 Å². The summed E-state index contributed by atoms with van der Waals surface area (Å²) < 4.78 is 0. The van der Waals surface area contributed by atoms with Crippen molar-refractivity contribution in [1.82, 2.24) is 4.98 Å². The molecule has 0 saturated heterocycles. The predicted molar refractivity (Wildman–Crippen MR) is 56.0 cm³/mol. The summed E-state index contributed by atoms with van der Waals surface area (Å²) in [5.74, 6) is 5.99. The summed E-state index contributed by atoms with van der Waals surface area (Å²) in [6, 6.07) is 7.41. The lowest BCUT2D eigenvalue weighted by molar-refractivity contribution is 0.474. The topological polar surface area (TPSA) is 33.1 Å². The molecule has 0 saturated carbocycles. The fraction of sp³-hybridized carbons (Fsp3) is 0.0833. The van der Waals surface area contributed by atoms with Crippen LogP contribution in [0.1, 0.15) is 12.5 Å². The van der Waals surface area contributed by atoms with Gasteiger partial charge in [-0.3, -0.25) is 4.98 Å². The van der Waals surface area contributed by atoms with Crippen molar-refractivity contribution in [1.29, 1.82) is 0 Å². The zero-order valence-corrected chi connectivity index (χ0v) is 7.78. The Bertz CT molecular complexity index is 535. The molecule has 2 nitrogen and oxygen atoms in total. The van der Waals surface area contributed by atoms with Gasteiger partial charge in [0.25, 0.3) is 0 Å². The molecule has 0 atom stereocenters. The molecule has 1 heterocycles. The molecular formula is C12H9NO. The lowest BCUT2D eigenvalue weighted by atomic mass is 10.1. The molecule has 0 unspecified atom stereocenters. The van der Waals surface area contributed by atoms with Gasteiger partial charge in [-0.1, -0.05) is 18.1 Å². The van der Waals surface area contributed by atoms with E-state index in [2.05, 4.69) is 16.8 Å². The number of aromatic hydroxyl groups is 1. The molecule has 14 heavy (non-hydrogen) atoms. The van der Waals surface area contributed by atoms with E-state index in [9.17, 15) is 5.11 Å². The third-order valence-corrected chi connectivity index (χ3v) is 1.96. The first kappa shape index (κ1) is 8.58. The van der Waals surface area contributed by atoms with E-state index in [1.165, 1.54) is 6.20 Å². The smallest absolute Gasteiger partial charge is 0.134 e. The van der Waals surface area contributed by atoms with Crippen LogP contribution in [0.3, 0.4) is 0 Å². The first-order valence-corrected chi connectivity index (χ1v) is 4.32. The second kappa shape index (κ2) is 3.39. The Hall–Kier alpha value is -2.01. The molecule has 0 bridgehead atoms. The number of fused-ring (bicyclic) bond motifs is 1. The van der Waals surface area contributed by atoms with Crippen LogP contribution in [0.4, 0.5) is 0 Å². The van der Waals surface area contributed by atoms with E-state index in [0.717, 1.165) is 16.5 Å². The van der Waals surface area contributed by atoms with Crippen LogP contribution in [0.25, 0.3) is 10.9 Å². The van der Waals surface area contributed by atoms with E-state index >= 15 is 0 Å². The summed E-state index contributed by atoms with van der Waals surface area (Å²) in [6.45, 7) is 1.79. The Kier molecular flexibility index (Phi) is 2.08. The molecule has 1 aromatic heterocycles. The Morgan fingerprint density at radius 3 is 3.00 bits per heavy atom. The van der Waals surface area contributed by atoms with Gasteiger partial charge in [-0.05, 0) is 19.1 Å². The van der Waals surface area contributed by atoms with Crippen molar-refractivity contribution in [2.75, 3.05) is 0 Å². The highest BCUT2D eigenvalue weighted by atomic mass is 16.3. The molecule has 1 aromatic carbocycles. The van der Waals surface area contributed by atoms with E-state index in [1.54, 1.807) is 13.0 Å².